The Hall–Kier alpha value is -2.07. The van der Waals surface area contributed by atoms with Gasteiger partial charge in [0.05, 0.1) is 26.9 Å². The first-order valence-electron chi connectivity index (χ1n) is 10.7. The van der Waals surface area contributed by atoms with Crippen LogP contribution in [0.25, 0.3) is 0 Å². The molecule has 1 fully saturated rings. The summed E-state index contributed by atoms with van der Waals surface area (Å²) in [6.45, 7) is 7.96. The molecule has 1 heterocycles. The molecule has 3 rings (SSSR count). The van der Waals surface area contributed by atoms with E-state index in [1.165, 1.54) is 13.2 Å². The molecule has 8 heteroatoms. The first-order valence-corrected chi connectivity index (χ1v) is 10.7. The van der Waals surface area contributed by atoms with Crippen LogP contribution in [0.2, 0.25) is 0 Å². The fraction of sp³-hybridized carbons (Fsp3) is 0.458. The van der Waals surface area contributed by atoms with E-state index in [1.54, 1.807) is 6.07 Å². The summed E-state index contributed by atoms with van der Waals surface area (Å²) in [7, 11) is 1.45. The SMILES string of the molecule is CCNC(=NCc1ccc(OC)c(F)c1)NCc1ccc(C)cc1OCC1CCOC1.I. The summed E-state index contributed by atoms with van der Waals surface area (Å²) in [5.41, 5.74) is 2.99. The molecule has 2 aromatic rings. The maximum atomic E-state index is 13.9. The largest absolute Gasteiger partial charge is 0.494 e. The zero-order valence-corrected chi connectivity index (χ0v) is 21.3. The van der Waals surface area contributed by atoms with Crippen molar-refractivity contribution in [2.75, 3.05) is 33.5 Å². The smallest absolute Gasteiger partial charge is 0.191 e. The Morgan fingerprint density at radius 1 is 1.19 bits per heavy atom. The van der Waals surface area contributed by atoms with Crippen LogP contribution in [0.3, 0.4) is 0 Å². The molecule has 0 amide bonds. The number of benzene rings is 2. The molecular weight excluding hydrogens is 524 g/mol. The number of aliphatic imine (C=N–C) groups is 1. The molecule has 1 aliphatic heterocycles. The van der Waals surface area contributed by atoms with Crippen LogP contribution < -0.4 is 20.1 Å². The van der Waals surface area contributed by atoms with Crippen LogP contribution in [0.4, 0.5) is 4.39 Å². The summed E-state index contributed by atoms with van der Waals surface area (Å²) >= 11 is 0. The third-order valence-electron chi connectivity index (χ3n) is 5.15. The molecule has 0 spiro atoms. The van der Waals surface area contributed by atoms with Crippen molar-refractivity contribution in [3.05, 3.63) is 58.9 Å². The van der Waals surface area contributed by atoms with Gasteiger partial charge < -0.3 is 24.8 Å². The summed E-state index contributed by atoms with van der Waals surface area (Å²) in [5.74, 6) is 1.84. The highest BCUT2D eigenvalue weighted by atomic mass is 127. The third kappa shape index (κ3) is 7.81. The summed E-state index contributed by atoms with van der Waals surface area (Å²) in [6.07, 6.45) is 1.04. The Labute approximate surface area is 207 Å². The number of methoxy groups -OCH3 is 1. The summed E-state index contributed by atoms with van der Waals surface area (Å²) in [5, 5.41) is 6.58. The quantitative estimate of drug-likeness (QED) is 0.272. The molecule has 0 saturated carbocycles. The Bertz CT molecular complexity index is 889. The molecule has 1 saturated heterocycles. The molecule has 32 heavy (non-hydrogen) atoms. The topological polar surface area (TPSA) is 64.1 Å². The number of aryl methyl sites for hydroxylation is 1. The summed E-state index contributed by atoms with van der Waals surface area (Å²) < 4.78 is 30.5. The maximum Gasteiger partial charge on any atom is 0.191 e. The van der Waals surface area contributed by atoms with Gasteiger partial charge in [0.2, 0.25) is 0 Å². The van der Waals surface area contributed by atoms with E-state index in [2.05, 4.69) is 40.7 Å². The average molecular weight is 557 g/mol. The van der Waals surface area contributed by atoms with Gasteiger partial charge in [-0.15, -0.1) is 24.0 Å². The van der Waals surface area contributed by atoms with Gasteiger partial charge in [-0.05, 0) is 49.6 Å². The molecular formula is C24H33FIN3O3. The Morgan fingerprint density at radius 2 is 2.03 bits per heavy atom. The second kappa shape index (κ2) is 13.5. The Morgan fingerprint density at radius 3 is 2.72 bits per heavy atom. The molecule has 1 unspecified atom stereocenters. The molecule has 2 N–H and O–H groups in total. The zero-order valence-electron chi connectivity index (χ0n) is 18.9. The highest BCUT2D eigenvalue weighted by molar-refractivity contribution is 14.0. The summed E-state index contributed by atoms with van der Waals surface area (Å²) in [4.78, 5) is 4.58. The number of ether oxygens (including phenoxy) is 3. The van der Waals surface area contributed by atoms with Gasteiger partial charge in [0, 0.05) is 31.2 Å². The highest BCUT2D eigenvalue weighted by Crippen LogP contribution is 2.23. The van der Waals surface area contributed by atoms with Crippen LogP contribution >= 0.6 is 24.0 Å². The number of rotatable bonds is 9. The molecule has 0 aliphatic carbocycles. The van der Waals surface area contributed by atoms with E-state index in [1.807, 2.05) is 13.0 Å². The lowest BCUT2D eigenvalue weighted by Crippen LogP contribution is -2.36. The van der Waals surface area contributed by atoms with E-state index >= 15 is 0 Å². The van der Waals surface area contributed by atoms with Gasteiger partial charge in [0.1, 0.15) is 5.75 Å². The molecule has 0 aromatic heterocycles. The van der Waals surface area contributed by atoms with E-state index in [0.717, 1.165) is 48.6 Å². The van der Waals surface area contributed by atoms with Crippen molar-refractivity contribution in [3.63, 3.8) is 0 Å². The molecule has 1 aliphatic rings. The minimum Gasteiger partial charge on any atom is -0.494 e. The number of hydrogen-bond acceptors (Lipinski definition) is 4. The van der Waals surface area contributed by atoms with Crippen molar-refractivity contribution in [3.8, 4) is 11.5 Å². The van der Waals surface area contributed by atoms with Crippen LogP contribution in [0, 0.1) is 18.7 Å². The zero-order chi connectivity index (χ0) is 22.1. The first-order chi connectivity index (χ1) is 15.1. The lowest BCUT2D eigenvalue weighted by atomic mass is 10.1. The van der Waals surface area contributed by atoms with Crippen molar-refractivity contribution in [1.29, 1.82) is 0 Å². The lowest BCUT2D eigenvalue weighted by Gasteiger charge is -2.17. The number of nitrogens with zero attached hydrogens (tertiary/aromatic N) is 1. The fourth-order valence-corrected chi connectivity index (χ4v) is 3.36. The van der Waals surface area contributed by atoms with E-state index in [0.29, 0.717) is 31.6 Å². The monoisotopic (exact) mass is 557 g/mol. The number of nitrogens with one attached hydrogen (secondary N) is 2. The van der Waals surface area contributed by atoms with Crippen LogP contribution in [-0.2, 0) is 17.8 Å². The second-order valence-electron chi connectivity index (χ2n) is 7.67. The number of halogens is 2. The van der Waals surface area contributed by atoms with Gasteiger partial charge >= 0.3 is 0 Å². The average Bonchev–Trinajstić information content (AvgIpc) is 3.29. The minimum absolute atomic E-state index is 0. The number of guanidine groups is 1. The van der Waals surface area contributed by atoms with Gasteiger partial charge in [-0.25, -0.2) is 9.38 Å². The van der Waals surface area contributed by atoms with Gasteiger partial charge in [0.15, 0.2) is 17.5 Å². The highest BCUT2D eigenvalue weighted by Gasteiger charge is 2.17. The molecule has 6 nitrogen and oxygen atoms in total. The van der Waals surface area contributed by atoms with Crippen molar-refractivity contribution in [1.82, 2.24) is 10.6 Å². The van der Waals surface area contributed by atoms with E-state index in [-0.39, 0.29) is 35.5 Å². The second-order valence-corrected chi connectivity index (χ2v) is 7.67. The normalized spacial score (nSPS) is 15.8. The van der Waals surface area contributed by atoms with Crippen LogP contribution in [-0.4, -0.2) is 39.4 Å². The van der Waals surface area contributed by atoms with Crippen LogP contribution in [0.1, 0.15) is 30.0 Å². The van der Waals surface area contributed by atoms with E-state index in [9.17, 15) is 4.39 Å². The third-order valence-corrected chi connectivity index (χ3v) is 5.15. The van der Waals surface area contributed by atoms with Gasteiger partial charge in [-0.2, -0.15) is 0 Å². The Balaban J connectivity index is 0.00000363. The van der Waals surface area contributed by atoms with Crippen molar-refractivity contribution in [2.24, 2.45) is 10.9 Å². The van der Waals surface area contributed by atoms with Crippen LogP contribution in [0.5, 0.6) is 11.5 Å². The van der Waals surface area contributed by atoms with Crippen molar-refractivity contribution < 1.29 is 18.6 Å². The van der Waals surface area contributed by atoms with Gasteiger partial charge in [-0.1, -0.05) is 18.2 Å². The lowest BCUT2D eigenvalue weighted by molar-refractivity contribution is 0.166. The summed E-state index contributed by atoms with van der Waals surface area (Å²) in [6, 6.07) is 11.1. The predicted octanol–water partition coefficient (Wildman–Crippen LogP) is 4.43. The van der Waals surface area contributed by atoms with E-state index < -0.39 is 0 Å². The molecule has 0 radical (unpaired) electrons. The first kappa shape index (κ1) is 26.2. The van der Waals surface area contributed by atoms with Crippen molar-refractivity contribution >= 4 is 29.9 Å². The van der Waals surface area contributed by atoms with E-state index in [4.69, 9.17) is 14.2 Å². The minimum atomic E-state index is -0.387. The van der Waals surface area contributed by atoms with Gasteiger partial charge in [0.25, 0.3) is 0 Å². The fourth-order valence-electron chi connectivity index (χ4n) is 3.36. The predicted molar refractivity (Wildman–Crippen MR) is 136 cm³/mol. The Kier molecular flexibility index (Phi) is 11.0. The van der Waals surface area contributed by atoms with Crippen molar-refractivity contribution in [2.45, 2.75) is 33.4 Å². The standard InChI is InChI=1S/C24H32FN3O3.HI/c1-4-26-24(27-13-18-6-8-22(29-3)21(25)12-18)28-14-20-7-5-17(2)11-23(20)31-16-19-9-10-30-15-19;/h5-8,11-12,19H,4,9-10,13-16H2,1-3H3,(H2,26,27,28);1H. The van der Waals surface area contributed by atoms with Gasteiger partial charge in [-0.3, -0.25) is 0 Å². The molecule has 176 valence electrons. The molecule has 2 aromatic carbocycles. The maximum absolute atomic E-state index is 13.9. The van der Waals surface area contributed by atoms with Crippen LogP contribution in [0.15, 0.2) is 41.4 Å². The number of hydrogen-bond donors (Lipinski definition) is 2. The molecule has 0 bridgehead atoms. The molecule has 1 atom stereocenters.